The molecule has 3 fully saturated rings. The molecule has 3 aliphatic carbocycles. The first kappa shape index (κ1) is 17.1. The fourth-order valence-electron chi connectivity index (χ4n) is 5.80. The first-order valence-electron chi connectivity index (χ1n) is 9.87. The summed E-state index contributed by atoms with van der Waals surface area (Å²) in [6.07, 6.45) is 4.10. The van der Waals surface area contributed by atoms with E-state index in [0.29, 0.717) is 43.4 Å². The Balaban J connectivity index is 1.51. The first-order valence-corrected chi connectivity index (χ1v) is 9.87. The summed E-state index contributed by atoms with van der Waals surface area (Å²) in [5, 5.41) is 4.62. The molecule has 2 bridgehead atoms. The Bertz CT molecular complexity index is 652. The van der Waals surface area contributed by atoms with Gasteiger partial charge in [0.05, 0.1) is 12.3 Å². The van der Waals surface area contributed by atoms with Crippen molar-refractivity contribution in [2.75, 3.05) is 20.3 Å². The van der Waals surface area contributed by atoms with E-state index in [1.54, 1.807) is 7.11 Å². The van der Waals surface area contributed by atoms with Crippen LogP contribution in [0.4, 0.5) is 0 Å². The van der Waals surface area contributed by atoms with E-state index in [4.69, 9.17) is 4.74 Å². The summed E-state index contributed by atoms with van der Waals surface area (Å²) < 4.78 is 7.32. The van der Waals surface area contributed by atoms with Gasteiger partial charge in [-0.05, 0) is 63.7 Å². The molecule has 5 nitrogen and oxygen atoms in total. The van der Waals surface area contributed by atoms with Gasteiger partial charge >= 0.3 is 0 Å². The van der Waals surface area contributed by atoms with Crippen LogP contribution in [-0.2, 0) is 22.6 Å². The van der Waals surface area contributed by atoms with Crippen molar-refractivity contribution in [2.24, 2.45) is 29.6 Å². The number of ether oxygens (including phenoxy) is 1. The molecule has 1 unspecified atom stereocenters. The standard InChI is InChI=1S/C20H31N3O2/c1-5-23-13(3)16(12(2)21-23)11-22(8-9-25-4)20(24)19-17-14-6-7-15(10-14)18(17)19/h14-15,17-19H,5-11H2,1-4H3/t14-,15+,17+,18-,19?. The Hall–Kier alpha value is -1.36. The summed E-state index contributed by atoms with van der Waals surface area (Å²) in [6.45, 7) is 9.10. The SMILES string of the molecule is CCn1nc(C)c(CN(CCOC)C(=O)C2[C@@H]3[C@H]4CC[C@H](C4)[C@H]23)c1C. The fourth-order valence-corrected chi connectivity index (χ4v) is 5.80. The molecule has 0 N–H and O–H groups in total. The minimum Gasteiger partial charge on any atom is -0.383 e. The molecule has 0 saturated heterocycles. The Morgan fingerprint density at radius 1 is 1.28 bits per heavy atom. The van der Waals surface area contributed by atoms with Crippen molar-refractivity contribution in [3.8, 4) is 0 Å². The van der Waals surface area contributed by atoms with Crippen molar-refractivity contribution >= 4 is 5.91 Å². The lowest BCUT2D eigenvalue weighted by Crippen LogP contribution is -2.36. The zero-order valence-corrected chi connectivity index (χ0v) is 16.0. The predicted molar refractivity (Wildman–Crippen MR) is 96.0 cm³/mol. The highest BCUT2D eigenvalue weighted by molar-refractivity contribution is 5.83. The molecule has 0 radical (unpaired) electrons. The zero-order chi connectivity index (χ0) is 17.7. The topological polar surface area (TPSA) is 47.4 Å². The van der Waals surface area contributed by atoms with Crippen molar-refractivity contribution in [2.45, 2.75) is 53.1 Å². The average Bonchev–Trinajstić information content (AvgIpc) is 2.89. The number of nitrogens with zero attached hydrogens (tertiary/aromatic N) is 3. The molecule has 1 heterocycles. The molecule has 1 aromatic heterocycles. The average molecular weight is 345 g/mol. The van der Waals surface area contributed by atoms with Gasteiger partial charge in [-0.2, -0.15) is 5.10 Å². The van der Waals surface area contributed by atoms with E-state index in [1.807, 2.05) is 9.58 Å². The highest BCUT2D eigenvalue weighted by atomic mass is 16.5. The molecule has 0 aliphatic heterocycles. The smallest absolute Gasteiger partial charge is 0.226 e. The van der Waals surface area contributed by atoms with Gasteiger partial charge in [0.15, 0.2) is 0 Å². The van der Waals surface area contributed by atoms with Crippen LogP contribution in [0.5, 0.6) is 0 Å². The highest BCUT2D eigenvalue weighted by Crippen LogP contribution is 2.69. The summed E-state index contributed by atoms with van der Waals surface area (Å²) in [7, 11) is 1.71. The van der Waals surface area contributed by atoms with E-state index < -0.39 is 0 Å². The van der Waals surface area contributed by atoms with Gasteiger partial charge in [0.2, 0.25) is 5.91 Å². The lowest BCUT2D eigenvalue weighted by atomic mass is 10.0. The molecule has 5 atom stereocenters. The maximum absolute atomic E-state index is 13.3. The second kappa shape index (κ2) is 6.42. The molecule has 4 rings (SSSR count). The third kappa shape index (κ3) is 2.71. The molecule has 0 aromatic carbocycles. The van der Waals surface area contributed by atoms with Crippen LogP contribution in [0.1, 0.15) is 43.1 Å². The van der Waals surface area contributed by atoms with E-state index in [0.717, 1.165) is 24.1 Å². The second-order valence-electron chi connectivity index (χ2n) is 8.23. The van der Waals surface area contributed by atoms with Gasteiger partial charge < -0.3 is 9.64 Å². The van der Waals surface area contributed by atoms with Crippen LogP contribution in [0.25, 0.3) is 0 Å². The largest absolute Gasteiger partial charge is 0.383 e. The van der Waals surface area contributed by atoms with E-state index in [2.05, 4.69) is 25.9 Å². The Kier molecular flexibility index (Phi) is 4.38. The van der Waals surface area contributed by atoms with E-state index >= 15 is 0 Å². The van der Waals surface area contributed by atoms with Crippen molar-refractivity contribution in [3.05, 3.63) is 17.0 Å². The van der Waals surface area contributed by atoms with Gasteiger partial charge in [-0.3, -0.25) is 9.48 Å². The van der Waals surface area contributed by atoms with Gasteiger partial charge in [-0.25, -0.2) is 0 Å². The zero-order valence-electron chi connectivity index (χ0n) is 16.0. The number of hydrogen-bond donors (Lipinski definition) is 0. The summed E-state index contributed by atoms with van der Waals surface area (Å²) in [6, 6.07) is 0. The van der Waals surface area contributed by atoms with Crippen molar-refractivity contribution in [1.82, 2.24) is 14.7 Å². The van der Waals surface area contributed by atoms with Crippen LogP contribution in [-0.4, -0.2) is 40.8 Å². The molecule has 1 aromatic rings. The van der Waals surface area contributed by atoms with Crippen LogP contribution in [0, 0.1) is 43.4 Å². The molecule has 25 heavy (non-hydrogen) atoms. The van der Waals surface area contributed by atoms with E-state index in [9.17, 15) is 4.79 Å². The number of aryl methyl sites for hydroxylation is 2. The number of aromatic nitrogens is 2. The van der Waals surface area contributed by atoms with E-state index in [-0.39, 0.29) is 0 Å². The number of amides is 1. The number of carbonyl (C=O) groups is 1. The minimum atomic E-state index is 0.296. The molecule has 3 aliphatic rings. The van der Waals surface area contributed by atoms with Crippen molar-refractivity contribution < 1.29 is 9.53 Å². The number of hydrogen-bond acceptors (Lipinski definition) is 3. The number of rotatable bonds is 7. The highest BCUT2D eigenvalue weighted by Gasteiger charge is 2.67. The molecular formula is C20H31N3O2. The van der Waals surface area contributed by atoms with Gasteiger partial charge in [0.1, 0.15) is 0 Å². The van der Waals surface area contributed by atoms with Crippen LogP contribution < -0.4 is 0 Å². The normalized spacial score (nSPS) is 32.1. The molecule has 138 valence electrons. The molecule has 0 spiro atoms. The maximum atomic E-state index is 13.3. The van der Waals surface area contributed by atoms with Crippen LogP contribution in [0.3, 0.4) is 0 Å². The van der Waals surface area contributed by atoms with Crippen molar-refractivity contribution in [3.63, 3.8) is 0 Å². The lowest BCUT2D eigenvalue weighted by Gasteiger charge is -2.24. The van der Waals surface area contributed by atoms with Crippen LogP contribution >= 0.6 is 0 Å². The molecule has 3 saturated carbocycles. The predicted octanol–water partition coefficient (Wildman–Crippen LogP) is 2.79. The third-order valence-corrected chi connectivity index (χ3v) is 7.08. The Morgan fingerprint density at radius 2 is 1.96 bits per heavy atom. The quantitative estimate of drug-likeness (QED) is 0.763. The van der Waals surface area contributed by atoms with Crippen LogP contribution in [0.2, 0.25) is 0 Å². The Morgan fingerprint density at radius 3 is 2.52 bits per heavy atom. The summed E-state index contributed by atoms with van der Waals surface area (Å²) >= 11 is 0. The molecule has 5 heteroatoms. The third-order valence-electron chi connectivity index (χ3n) is 7.08. The molecular weight excluding hydrogens is 314 g/mol. The number of methoxy groups -OCH3 is 1. The van der Waals surface area contributed by atoms with Gasteiger partial charge in [0.25, 0.3) is 0 Å². The van der Waals surface area contributed by atoms with Gasteiger partial charge in [0, 0.05) is 43.9 Å². The number of fused-ring (bicyclic) bond motifs is 5. The lowest BCUT2D eigenvalue weighted by molar-refractivity contribution is -0.135. The van der Waals surface area contributed by atoms with E-state index in [1.165, 1.54) is 30.5 Å². The molecule has 1 amide bonds. The monoisotopic (exact) mass is 345 g/mol. The first-order chi connectivity index (χ1) is 12.1. The summed E-state index contributed by atoms with van der Waals surface area (Å²) in [4.78, 5) is 15.3. The fraction of sp³-hybridized carbons (Fsp3) is 0.800. The maximum Gasteiger partial charge on any atom is 0.226 e. The van der Waals surface area contributed by atoms with Gasteiger partial charge in [-0.1, -0.05) is 0 Å². The Labute approximate surface area is 150 Å². The van der Waals surface area contributed by atoms with Crippen molar-refractivity contribution in [1.29, 1.82) is 0 Å². The summed E-state index contributed by atoms with van der Waals surface area (Å²) in [5.74, 6) is 3.71. The summed E-state index contributed by atoms with van der Waals surface area (Å²) in [5.41, 5.74) is 3.44. The second-order valence-corrected chi connectivity index (χ2v) is 8.23. The minimum absolute atomic E-state index is 0.296. The number of carbonyl (C=O) groups excluding carboxylic acids is 1. The van der Waals surface area contributed by atoms with Crippen LogP contribution in [0.15, 0.2) is 0 Å². The van der Waals surface area contributed by atoms with Gasteiger partial charge in [-0.15, -0.1) is 0 Å².